The highest BCUT2D eigenvalue weighted by Gasteiger charge is 2.23. The standard InChI is InChI=1S/C21H22N4O3/c22-15-18(20(26)23-9-8-17-5-2-1-3-6-17)16-24-10-12-25(13-11-24)21(27)19-7-4-14-28-19/h1-7,14,16H,8-13H2,(H,23,26)/b18-16-. The van der Waals surface area contributed by atoms with Crippen molar-refractivity contribution in [3.8, 4) is 6.07 Å². The smallest absolute Gasteiger partial charge is 0.289 e. The number of piperazine rings is 1. The maximum Gasteiger partial charge on any atom is 0.289 e. The minimum atomic E-state index is -0.382. The molecule has 0 spiro atoms. The zero-order chi connectivity index (χ0) is 19.8. The monoisotopic (exact) mass is 378 g/mol. The molecule has 1 aliphatic rings. The van der Waals surface area contributed by atoms with Crippen molar-refractivity contribution < 1.29 is 14.0 Å². The van der Waals surface area contributed by atoms with Crippen LogP contribution in [0.1, 0.15) is 16.1 Å². The van der Waals surface area contributed by atoms with Gasteiger partial charge in [-0.3, -0.25) is 9.59 Å². The van der Waals surface area contributed by atoms with Crippen molar-refractivity contribution in [2.45, 2.75) is 6.42 Å². The SMILES string of the molecule is N#C/C(=C/N1CCN(C(=O)c2ccco2)CC1)C(=O)NCCc1ccccc1. The molecule has 1 aromatic heterocycles. The summed E-state index contributed by atoms with van der Waals surface area (Å²) in [6.07, 6.45) is 3.76. The summed E-state index contributed by atoms with van der Waals surface area (Å²) < 4.78 is 5.15. The van der Waals surface area contributed by atoms with Crippen molar-refractivity contribution in [2.75, 3.05) is 32.7 Å². The lowest BCUT2D eigenvalue weighted by atomic mass is 10.1. The molecule has 1 fully saturated rings. The first-order chi connectivity index (χ1) is 13.7. The van der Waals surface area contributed by atoms with Gasteiger partial charge < -0.3 is 19.5 Å². The fourth-order valence-electron chi connectivity index (χ4n) is 2.99. The van der Waals surface area contributed by atoms with Gasteiger partial charge in [0.2, 0.25) is 0 Å². The number of furan rings is 1. The van der Waals surface area contributed by atoms with Crippen LogP contribution in [0.4, 0.5) is 0 Å². The van der Waals surface area contributed by atoms with E-state index in [1.165, 1.54) is 6.26 Å². The maximum atomic E-state index is 12.3. The van der Waals surface area contributed by atoms with Crippen LogP contribution >= 0.6 is 0 Å². The van der Waals surface area contributed by atoms with Gasteiger partial charge in [-0.2, -0.15) is 5.26 Å². The third-order valence-electron chi connectivity index (χ3n) is 4.55. The van der Waals surface area contributed by atoms with Gasteiger partial charge in [0.1, 0.15) is 11.6 Å². The normalized spacial score (nSPS) is 14.5. The topological polar surface area (TPSA) is 89.6 Å². The number of nitriles is 1. The zero-order valence-electron chi connectivity index (χ0n) is 15.5. The molecule has 2 amide bonds. The highest BCUT2D eigenvalue weighted by atomic mass is 16.3. The molecule has 3 rings (SSSR count). The number of carbonyl (C=O) groups excluding carboxylic acids is 2. The molecule has 0 unspecified atom stereocenters. The molecule has 7 heteroatoms. The Hall–Kier alpha value is -3.53. The predicted molar refractivity (Wildman–Crippen MR) is 103 cm³/mol. The summed E-state index contributed by atoms with van der Waals surface area (Å²) in [6, 6.07) is 15.1. The van der Waals surface area contributed by atoms with E-state index in [-0.39, 0.29) is 17.4 Å². The van der Waals surface area contributed by atoms with E-state index >= 15 is 0 Å². The second-order valence-electron chi connectivity index (χ2n) is 6.45. The predicted octanol–water partition coefficient (Wildman–Crippen LogP) is 1.80. The Labute approximate surface area is 163 Å². The Balaban J connectivity index is 1.48. The molecule has 1 N–H and O–H groups in total. The Morgan fingerprint density at radius 2 is 1.86 bits per heavy atom. The Kier molecular flexibility index (Phi) is 6.47. The van der Waals surface area contributed by atoms with Crippen LogP contribution in [0.15, 0.2) is 64.9 Å². The van der Waals surface area contributed by atoms with Gasteiger partial charge in [0.15, 0.2) is 5.76 Å². The number of hydrogen-bond donors (Lipinski definition) is 1. The summed E-state index contributed by atoms with van der Waals surface area (Å²) in [7, 11) is 0. The van der Waals surface area contributed by atoms with Gasteiger partial charge in [-0.15, -0.1) is 0 Å². The largest absolute Gasteiger partial charge is 0.459 e. The molecule has 1 saturated heterocycles. The van der Waals surface area contributed by atoms with Crippen LogP contribution in [-0.4, -0.2) is 54.3 Å². The molecular weight excluding hydrogens is 356 g/mol. The number of nitrogens with one attached hydrogen (secondary N) is 1. The van der Waals surface area contributed by atoms with E-state index in [1.54, 1.807) is 23.2 Å². The highest BCUT2D eigenvalue weighted by molar-refractivity contribution is 5.97. The summed E-state index contributed by atoms with van der Waals surface area (Å²) in [5.41, 5.74) is 1.20. The first-order valence-electron chi connectivity index (χ1n) is 9.18. The molecule has 0 radical (unpaired) electrons. The fraction of sp³-hybridized carbons (Fsp3) is 0.286. The Morgan fingerprint density at radius 3 is 2.50 bits per heavy atom. The van der Waals surface area contributed by atoms with Crippen molar-refractivity contribution in [2.24, 2.45) is 0 Å². The summed E-state index contributed by atoms with van der Waals surface area (Å²) in [4.78, 5) is 28.1. The van der Waals surface area contributed by atoms with Crippen molar-refractivity contribution in [3.05, 3.63) is 71.8 Å². The van der Waals surface area contributed by atoms with Crippen LogP contribution in [0.5, 0.6) is 0 Å². The second kappa shape index (κ2) is 9.42. The molecule has 7 nitrogen and oxygen atoms in total. The molecule has 0 aliphatic carbocycles. The van der Waals surface area contributed by atoms with Gasteiger partial charge in [-0.05, 0) is 24.1 Å². The zero-order valence-corrected chi connectivity index (χ0v) is 15.5. The lowest BCUT2D eigenvalue weighted by Crippen LogP contribution is -2.47. The van der Waals surface area contributed by atoms with E-state index in [0.29, 0.717) is 44.9 Å². The van der Waals surface area contributed by atoms with Crippen molar-refractivity contribution in [1.29, 1.82) is 5.26 Å². The van der Waals surface area contributed by atoms with Crippen LogP contribution in [0.3, 0.4) is 0 Å². The second-order valence-corrected chi connectivity index (χ2v) is 6.45. The van der Waals surface area contributed by atoms with Crippen molar-refractivity contribution in [1.82, 2.24) is 15.1 Å². The number of carbonyl (C=O) groups is 2. The maximum absolute atomic E-state index is 12.3. The number of amides is 2. The third-order valence-corrected chi connectivity index (χ3v) is 4.55. The van der Waals surface area contributed by atoms with Gasteiger partial charge in [0, 0.05) is 38.9 Å². The van der Waals surface area contributed by atoms with E-state index in [9.17, 15) is 14.9 Å². The van der Waals surface area contributed by atoms with Gasteiger partial charge in [-0.1, -0.05) is 30.3 Å². The van der Waals surface area contributed by atoms with E-state index in [2.05, 4.69) is 5.32 Å². The van der Waals surface area contributed by atoms with Crippen LogP contribution in [0.2, 0.25) is 0 Å². The van der Waals surface area contributed by atoms with Gasteiger partial charge in [0.25, 0.3) is 11.8 Å². The molecule has 1 aromatic carbocycles. The summed E-state index contributed by atoms with van der Waals surface area (Å²) >= 11 is 0. The lowest BCUT2D eigenvalue weighted by molar-refractivity contribution is -0.117. The van der Waals surface area contributed by atoms with Gasteiger partial charge in [0.05, 0.1) is 6.26 Å². The average Bonchev–Trinajstić information content (AvgIpc) is 3.27. The number of hydrogen-bond acceptors (Lipinski definition) is 5. The molecule has 0 atom stereocenters. The summed E-state index contributed by atoms with van der Waals surface area (Å²) in [5, 5.41) is 12.1. The molecule has 1 aliphatic heterocycles. The molecule has 0 saturated carbocycles. The van der Waals surface area contributed by atoms with E-state index in [1.807, 2.05) is 41.3 Å². The van der Waals surface area contributed by atoms with Crippen molar-refractivity contribution in [3.63, 3.8) is 0 Å². The van der Waals surface area contributed by atoms with Crippen LogP contribution in [0, 0.1) is 11.3 Å². The third kappa shape index (κ3) is 5.01. The molecule has 2 heterocycles. The van der Waals surface area contributed by atoms with Crippen LogP contribution < -0.4 is 5.32 Å². The first kappa shape index (κ1) is 19.2. The molecule has 144 valence electrons. The Morgan fingerprint density at radius 1 is 1.11 bits per heavy atom. The lowest BCUT2D eigenvalue weighted by Gasteiger charge is -2.33. The number of benzene rings is 1. The van der Waals surface area contributed by atoms with E-state index < -0.39 is 0 Å². The number of rotatable bonds is 6. The van der Waals surface area contributed by atoms with E-state index in [4.69, 9.17) is 4.42 Å². The average molecular weight is 378 g/mol. The van der Waals surface area contributed by atoms with E-state index in [0.717, 1.165) is 5.56 Å². The van der Waals surface area contributed by atoms with Gasteiger partial charge in [-0.25, -0.2) is 0 Å². The van der Waals surface area contributed by atoms with Crippen molar-refractivity contribution >= 4 is 11.8 Å². The summed E-state index contributed by atoms with van der Waals surface area (Å²) in [5.74, 6) is -0.209. The quantitative estimate of drug-likeness (QED) is 0.612. The minimum absolute atomic E-state index is 0.0684. The summed E-state index contributed by atoms with van der Waals surface area (Å²) in [6.45, 7) is 2.58. The van der Waals surface area contributed by atoms with Gasteiger partial charge >= 0.3 is 0 Å². The molecule has 0 bridgehead atoms. The molecule has 28 heavy (non-hydrogen) atoms. The molecule has 2 aromatic rings. The van der Waals surface area contributed by atoms with Crippen LogP contribution in [0.25, 0.3) is 0 Å². The van der Waals surface area contributed by atoms with Crippen LogP contribution in [-0.2, 0) is 11.2 Å². The number of nitrogens with zero attached hydrogens (tertiary/aromatic N) is 3. The minimum Gasteiger partial charge on any atom is -0.459 e. The first-order valence-corrected chi connectivity index (χ1v) is 9.18. The molecular formula is C21H22N4O3. The fourth-order valence-corrected chi connectivity index (χ4v) is 2.99. The highest BCUT2D eigenvalue weighted by Crippen LogP contribution is 2.10. The Bertz CT molecular complexity index is 861.